The van der Waals surface area contributed by atoms with Crippen LogP contribution in [0.3, 0.4) is 0 Å². The summed E-state index contributed by atoms with van der Waals surface area (Å²) in [5, 5.41) is 0.772. The predicted molar refractivity (Wildman–Crippen MR) is 83.0 cm³/mol. The number of rotatable bonds is 4. The van der Waals surface area contributed by atoms with Crippen molar-refractivity contribution in [3.05, 3.63) is 40.6 Å². The van der Waals surface area contributed by atoms with Gasteiger partial charge in [0.25, 0.3) is 0 Å². The van der Waals surface area contributed by atoms with Gasteiger partial charge < -0.3 is 9.15 Å². The maximum absolute atomic E-state index is 11.4. The van der Waals surface area contributed by atoms with Crippen molar-refractivity contribution in [1.29, 1.82) is 0 Å². The first kappa shape index (κ1) is 15.1. The summed E-state index contributed by atoms with van der Waals surface area (Å²) in [5.74, 6) is 1.07. The van der Waals surface area contributed by atoms with Gasteiger partial charge in [0.1, 0.15) is 5.76 Å². The molecule has 0 aromatic carbocycles. The van der Waals surface area contributed by atoms with E-state index in [1.807, 2.05) is 0 Å². The SMILES string of the molecule is COC(=O)c1ccc(CSc2nc(C)c3c(n2)CCCC3)o1. The number of carbonyl (C=O) groups excluding carboxylic acids is 1. The predicted octanol–water partition coefficient (Wildman–Crippen LogP) is 3.34. The molecular weight excluding hydrogens is 300 g/mol. The Morgan fingerprint density at radius 3 is 2.95 bits per heavy atom. The molecule has 0 aliphatic heterocycles. The van der Waals surface area contributed by atoms with E-state index in [0.717, 1.165) is 23.7 Å². The van der Waals surface area contributed by atoms with Crippen molar-refractivity contribution in [2.45, 2.75) is 43.5 Å². The van der Waals surface area contributed by atoms with E-state index in [9.17, 15) is 4.79 Å². The monoisotopic (exact) mass is 318 g/mol. The zero-order chi connectivity index (χ0) is 15.5. The van der Waals surface area contributed by atoms with Gasteiger partial charge in [-0.2, -0.15) is 0 Å². The summed E-state index contributed by atoms with van der Waals surface area (Å²) in [6.45, 7) is 2.05. The average molecular weight is 318 g/mol. The highest BCUT2D eigenvalue weighted by atomic mass is 32.2. The molecular formula is C16H18N2O3S. The lowest BCUT2D eigenvalue weighted by molar-refractivity contribution is 0.0563. The molecule has 0 amide bonds. The minimum Gasteiger partial charge on any atom is -0.463 e. The molecule has 5 nitrogen and oxygen atoms in total. The Balaban J connectivity index is 1.70. The lowest BCUT2D eigenvalue weighted by Gasteiger charge is -2.17. The third kappa shape index (κ3) is 3.16. The van der Waals surface area contributed by atoms with E-state index < -0.39 is 5.97 Å². The number of hydrogen-bond donors (Lipinski definition) is 0. The van der Waals surface area contributed by atoms with Crippen LogP contribution in [0.15, 0.2) is 21.7 Å². The number of aryl methyl sites for hydroxylation is 2. The van der Waals surface area contributed by atoms with Crippen molar-refractivity contribution in [2.75, 3.05) is 7.11 Å². The molecule has 1 aliphatic carbocycles. The smallest absolute Gasteiger partial charge is 0.373 e. The van der Waals surface area contributed by atoms with Crippen LogP contribution in [0.2, 0.25) is 0 Å². The zero-order valence-electron chi connectivity index (χ0n) is 12.7. The third-order valence-corrected chi connectivity index (χ3v) is 4.63. The Labute approximate surface area is 133 Å². The first-order chi connectivity index (χ1) is 10.7. The minimum atomic E-state index is -0.461. The quantitative estimate of drug-likeness (QED) is 0.489. The number of fused-ring (bicyclic) bond motifs is 1. The number of ether oxygens (including phenoxy) is 1. The Kier molecular flexibility index (Phi) is 4.47. The van der Waals surface area contributed by atoms with E-state index in [4.69, 9.17) is 4.42 Å². The normalized spacial score (nSPS) is 13.7. The van der Waals surface area contributed by atoms with Crippen LogP contribution in [0, 0.1) is 6.92 Å². The van der Waals surface area contributed by atoms with E-state index in [1.165, 1.54) is 43.0 Å². The molecule has 0 spiro atoms. The molecule has 22 heavy (non-hydrogen) atoms. The fraction of sp³-hybridized carbons (Fsp3) is 0.438. The van der Waals surface area contributed by atoms with Crippen LogP contribution in [0.5, 0.6) is 0 Å². The number of furan rings is 1. The third-order valence-electron chi connectivity index (χ3n) is 3.76. The minimum absolute atomic E-state index is 0.223. The Morgan fingerprint density at radius 1 is 1.32 bits per heavy atom. The molecule has 2 heterocycles. The van der Waals surface area contributed by atoms with Gasteiger partial charge in [-0.15, -0.1) is 0 Å². The van der Waals surface area contributed by atoms with Crippen molar-refractivity contribution in [3.63, 3.8) is 0 Å². The number of aromatic nitrogens is 2. The second-order valence-electron chi connectivity index (χ2n) is 5.27. The molecule has 0 unspecified atom stereocenters. The molecule has 3 rings (SSSR count). The highest BCUT2D eigenvalue weighted by molar-refractivity contribution is 7.98. The Bertz CT molecular complexity index is 697. The van der Waals surface area contributed by atoms with Gasteiger partial charge in [-0.25, -0.2) is 14.8 Å². The molecule has 0 N–H and O–H groups in total. The van der Waals surface area contributed by atoms with Gasteiger partial charge >= 0.3 is 5.97 Å². The molecule has 0 atom stereocenters. The molecule has 2 aromatic heterocycles. The standard InChI is InChI=1S/C16H18N2O3S/c1-10-12-5-3-4-6-13(12)18-16(17-10)22-9-11-7-8-14(21-11)15(19)20-2/h7-8H,3-6,9H2,1-2H3. The van der Waals surface area contributed by atoms with Gasteiger partial charge in [0.05, 0.1) is 12.9 Å². The van der Waals surface area contributed by atoms with Crippen LogP contribution in [-0.2, 0) is 23.3 Å². The summed E-state index contributed by atoms with van der Waals surface area (Å²) in [6, 6.07) is 3.41. The van der Waals surface area contributed by atoms with E-state index in [1.54, 1.807) is 12.1 Å². The van der Waals surface area contributed by atoms with Crippen LogP contribution >= 0.6 is 11.8 Å². The lowest BCUT2D eigenvalue weighted by atomic mass is 9.95. The van der Waals surface area contributed by atoms with E-state index in [2.05, 4.69) is 21.6 Å². The summed E-state index contributed by atoms with van der Waals surface area (Å²) in [4.78, 5) is 20.6. The van der Waals surface area contributed by atoms with Crippen LogP contribution in [0.1, 0.15) is 46.1 Å². The van der Waals surface area contributed by atoms with Crippen molar-refractivity contribution in [1.82, 2.24) is 9.97 Å². The van der Waals surface area contributed by atoms with Gasteiger partial charge in [0.15, 0.2) is 5.16 Å². The van der Waals surface area contributed by atoms with Gasteiger partial charge in [-0.3, -0.25) is 0 Å². The van der Waals surface area contributed by atoms with Crippen LogP contribution in [0.4, 0.5) is 0 Å². The summed E-state index contributed by atoms with van der Waals surface area (Å²) in [7, 11) is 1.34. The van der Waals surface area contributed by atoms with E-state index in [-0.39, 0.29) is 5.76 Å². The van der Waals surface area contributed by atoms with Crippen molar-refractivity contribution < 1.29 is 13.9 Å². The molecule has 1 aliphatic rings. The lowest BCUT2D eigenvalue weighted by Crippen LogP contribution is -2.10. The number of esters is 1. The molecule has 0 bridgehead atoms. The molecule has 116 valence electrons. The van der Waals surface area contributed by atoms with Crippen molar-refractivity contribution in [3.8, 4) is 0 Å². The van der Waals surface area contributed by atoms with E-state index >= 15 is 0 Å². The number of methoxy groups -OCH3 is 1. The molecule has 6 heteroatoms. The van der Waals surface area contributed by atoms with Crippen molar-refractivity contribution in [2.24, 2.45) is 0 Å². The maximum Gasteiger partial charge on any atom is 0.373 e. The van der Waals surface area contributed by atoms with Crippen LogP contribution in [-0.4, -0.2) is 23.0 Å². The average Bonchev–Trinajstić information content (AvgIpc) is 3.01. The number of nitrogens with zero attached hydrogens (tertiary/aromatic N) is 2. The summed E-state index contributed by atoms with van der Waals surface area (Å²) < 4.78 is 10.1. The van der Waals surface area contributed by atoms with Crippen molar-refractivity contribution >= 4 is 17.7 Å². The first-order valence-corrected chi connectivity index (χ1v) is 8.32. The second-order valence-corrected chi connectivity index (χ2v) is 6.21. The van der Waals surface area contributed by atoms with Gasteiger partial charge in [0, 0.05) is 11.4 Å². The fourth-order valence-corrected chi connectivity index (χ4v) is 3.42. The summed E-state index contributed by atoms with van der Waals surface area (Å²) in [6.07, 6.45) is 4.56. The molecule has 0 saturated heterocycles. The van der Waals surface area contributed by atoms with Crippen LogP contribution < -0.4 is 0 Å². The molecule has 0 fully saturated rings. The van der Waals surface area contributed by atoms with Gasteiger partial charge in [-0.1, -0.05) is 11.8 Å². The number of hydrogen-bond acceptors (Lipinski definition) is 6. The maximum atomic E-state index is 11.4. The fourth-order valence-electron chi connectivity index (χ4n) is 2.62. The van der Waals surface area contributed by atoms with Gasteiger partial charge in [-0.05, 0) is 50.3 Å². The number of carbonyl (C=O) groups is 1. The molecule has 0 radical (unpaired) electrons. The largest absolute Gasteiger partial charge is 0.463 e. The highest BCUT2D eigenvalue weighted by Crippen LogP contribution is 2.26. The van der Waals surface area contributed by atoms with Gasteiger partial charge in [0.2, 0.25) is 5.76 Å². The summed E-state index contributed by atoms with van der Waals surface area (Å²) in [5.41, 5.74) is 3.60. The summed E-state index contributed by atoms with van der Waals surface area (Å²) >= 11 is 1.53. The topological polar surface area (TPSA) is 65.2 Å². The first-order valence-electron chi connectivity index (χ1n) is 7.33. The highest BCUT2D eigenvalue weighted by Gasteiger charge is 2.16. The molecule has 0 saturated carbocycles. The zero-order valence-corrected chi connectivity index (χ0v) is 13.5. The van der Waals surface area contributed by atoms with E-state index in [0.29, 0.717) is 11.5 Å². The van der Waals surface area contributed by atoms with Crippen LogP contribution in [0.25, 0.3) is 0 Å². The Morgan fingerprint density at radius 2 is 2.14 bits per heavy atom. The molecule has 2 aromatic rings. The Hall–Kier alpha value is -1.82. The second kappa shape index (κ2) is 6.52. The number of thioether (sulfide) groups is 1.